The van der Waals surface area contributed by atoms with Crippen LogP contribution < -0.4 is 11.1 Å². The second-order valence-corrected chi connectivity index (χ2v) is 3.39. The van der Waals surface area contributed by atoms with Gasteiger partial charge in [-0.05, 0) is 5.92 Å². The molecule has 0 fully saturated rings. The zero-order valence-electron chi connectivity index (χ0n) is 8.83. The molecule has 1 aromatic rings. The number of hydrogen-bond acceptors (Lipinski definition) is 4. The molecule has 0 aromatic carbocycles. The van der Waals surface area contributed by atoms with Gasteiger partial charge in [-0.15, -0.1) is 0 Å². The third kappa shape index (κ3) is 2.87. The maximum atomic E-state index is 5.70. The molecule has 14 heavy (non-hydrogen) atoms. The predicted octanol–water partition coefficient (Wildman–Crippen LogP) is 1.91. The van der Waals surface area contributed by atoms with Gasteiger partial charge in [0.1, 0.15) is 6.33 Å². The molecule has 0 atom stereocenters. The molecule has 1 heterocycles. The molecule has 0 aliphatic rings. The average molecular weight is 194 g/mol. The Labute approximate surface area is 85.0 Å². The molecule has 0 saturated heterocycles. The number of aromatic nitrogens is 2. The molecule has 4 nitrogen and oxygen atoms in total. The van der Waals surface area contributed by atoms with Crippen molar-refractivity contribution in [1.82, 2.24) is 9.97 Å². The zero-order chi connectivity index (χ0) is 10.4. The van der Waals surface area contributed by atoms with Crippen molar-refractivity contribution in [2.24, 2.45) is 5.92 Å². The first-order valence-electron chi connectivity index (χ1n) is 5.07. The van der Waals surface area contributed by atoms with Gasteiger partial charge in [-0.25, -0.2) is 9.97 Å². The minimum Gasteiger partial charge on any atom is -0.394 e. The van der Waals surface area contributed by atoms with E-state index in [-0.39, 0.29) is 0 Å². The standard InChI is InChI=1S/C10H18N4/c1-3-8(4-2)5-13-10-9(11)6-12-7-14-10/h6-8H,3-5,11H2,1-2H3,(H,12,13,14). The maximum Gasteiger partial charge on any atom is 0.152 e. The minimum atomic E-state index is 0.610. The largest absolute Gasteiger partial charge is 0.394 e. The number of nitrogen functional groups attached to an aromatic ring is 1. The Kier molecular flexibility index (Phi) is 4.16. The molecule has 0 aliphatic carbocycles. The fraction of sp³-hybridized carbons (Fsp3) is 0.600. The summed E-state index contributed by atoms with van der Waals surface area (Å²) in [4.78, 5) is 7.91. The summed E-state index contributed by atoms with van der Waals surface area (Å²) < 4.78 is 0. The summed E-state index contributed by atoms with van der Waals surface area (Å²) in [5.74, 6) is 1.43. The highest BCUT2D eigenvalue weighted by Gasteiger charge is 2.04. The summed E-state index contributed by atoms with van der Waals surface area (Å²) in [6, 6.07) is 0. The van der Waals surface area contributed by atoms with Crippen LogP contribution in [-0.4, -0.2) is 16.5 Å². The maximum absolute atomic E-state index is 5.70. The monoisotopic (exact) mass is 194 g/mol. The smallest absolute Gasteiger partial charge is 0.152 e. The number of nitrogens with two attached hydrogens (primary N) is 1. The third-order valence-corrected chi connectivity index (χ3v) is 2.45. The van der Waals surface area contributed by atoms with Crippen molar-refractivity contribution in [3.05, 3.63) is 12.5 Å². The van der Waals surface area contributed by atoms with Crippen LogP contribution in [0.25, 0.3) is 0 Å². The highest BCUT2D eigenvalue weighted by atomic mass is 15.0. The van der Waals surface area contributed by atoms with Crippen LogP contribution in [0.15, 0.2) is 12.5 Å². The normalized spacial score (nSPS) is 10.5. The van der Waals surface area contributed by atoms with Gasteiger partial charge >= 0.3 is 0 Å². The lowest BCUT2D eigenvalue weighted by Crippen LogP contribution is -2.14. The van der Waals surface area contributed by atoms with Crippen molar-refractivity contribution < 1.29 is 0 Å². The molecule has 0 aliphatic heterocycles. The van der Waals surface area contributed by atoms with Crippen molar-refractivity contribution in [2.75, 3.05) is 17.6 Å². The summed E-state index contributed by atoms with van der Waals surface area (Å²) in [7, 11) is 0. The number of nitrogens with one attached hydrogen (secondary N) is 1. The highest BCUT2D eigenvalue weighted by Crippen LogP contribution is 2.14. The van der Waals surface area contributed by atoms with Crippen LogP contribution >= 0.6 is 0 Å². The molecule has 4 heteroatoms. The van der Waals surface area contributed by atoms with E-state index in [4.69, 9.17) is 5.73 Å². The molecule has 0 bridgehead atoms. The lowest BCUT2D eigenvalue weighted by Gasteiger charge is -2.14. The Bertz CT molecular complexity index is 271. The molecule has 1 rings (SSSR count). The first kappa shape index (κ1) is 10.8. The predicted molar refractivity (Wildman–Crippen MR) is 59.0 cm³/mol. The minimum absolute atomic E-state index is 0.610. The SMILES string of the molecule is CCC(CC)CNc1ncncc1N. The van der Waals surface area contributed by atoms with E-state index in [0.717, 1.165) is 12.4 Å². The van der Waals surface area contributed by atoms with Gasteiger partial charge in [-0.2, -0.15) is 0 Å². The van der Waals surface area contributed by atoms with E-state index in [9.17, 15) is 0 Å². The molecule has 3 N–H and O–H groups in total. The van der Waals surface area contributed by atoms with Crippen LogP contribution in [0.3, 0.4) is 0 Å². The summed E-state index contributed by atoms with van der Waals surface area (Å²) in [5.41, 5.74) is 6.31. The molecule has 1 aromatic heterocycles. The Morgan fingerprint density at radius 2 is 2.14 bits per heavy atom. The van der Waals surface area contributed by atoms with E-state index in [2.05, 4.69) is 29.1 Å². The summed E-state index contributed by atoms with van der Waals surface area (Å²) in [6.07, 6.45) is 5.47. The summed E-state index contributed by atoms with van der Waals surface area (Å²) in [6.45, 7) is 5.31. The van der Waals surface area contributed by atoms with Crippen LogP contribution in [-0.2, 0) is 0 Å². The van der Waals surface area contributed by atoms with Gasteiger partial charge in [0, 0.05) is 6.54 Å². The second kappa shape index (κ2) is 5.42. The van der Waals surface area contributed by atoms with Gasteiger partial charge in [-0.1, -0.05) is 26.7 Å². The first-order chi connectivity index (χ1) is 6.77. The molecule has 0 radical (unpaired) electrons. The fourth-order valence-electron chi connectivity index (χ4n) is 1.31. The molecular formula is C10H18N4. The van der Waals surface area contributed by atoms with Gasteiger partial charge in [0.25, 0.3) is 0 Å². The van der Waals surface area contributed by atoms with E-state index in [0.29, 0.717) is 11.6 Å². The molecule has 0 spiro atoms. The summed E-state index contributed by atoms with van der Waals surface area (Å²) >= 11 is 0. The van der Waals surface area contributed by atoms with Crippen LogP contribution in [0.1, 0.15) is 26.7 Å². The van der Waals surface area contributed by atoms with Gasteiger partial charge in [-0.3, -0.25) is 0 Å². The Balaban J connectivity index is 2.49. The number of rotatable bonds is 5. The third-order valence-electron chi connectivity index (χ3n) is 2.45. The second-order valence-electron chi connectivity index (χ2n) is 3.39. The molecule has 0 unspecified atom stereocenters. The van der Waals surface area contributed by atoms with Crippen LogP contribution in [0, 0.1) is 5.92 Å². The van der Waals surface area contributed by atoms with Crippen LogP contribution in [0.2, 0.25) is 0 Å². The average Bonchev–Trinajstić information content (AvgIpc) is 2.22. The molecule has 0 saturated carbocycles. The lowest BCUT2D eigenvalue weighted by atomic mass is 10.0. The number of anilines is 2. The van der Waals surface area contributed by atoms with Crippen molar-refractivity contribution in [3.8, 4) is 0 Å². The Morgan fingerprint density at radius 3 is 2.71 bits per heavy atom. The van der Waals surface area contributed by atoms with E-state index in [1.165, 1.54) is 19.2 Å². The summed E-state index contributed by atoms with van der Waals surface area (Å²) in [5, 5.41) is 3.24. The zero-order valence-corrected chi connectivity index (χ0v) is 8.83. The molecule has 0 amide bonds. The highest BCUT2D eigenvalue weighted by molar-refractivity contribution is 5.58. The molecular weight excluding hydrogens is 176 g/mol. The topological polar surface area (TPSA) is 63.8 Å². The van der Waals surface area contributed by atoms with Gasteiger partial charge < -0.3 is 11.1 Å². The number of hydrogen-bond donors (Lipinski definition) is 2. The van der Waals surface area contributed by atoms with Crippen LogP contribution in [0.4, 0.5) is 11.5 Å². The van der Waals surface area contributed by atoms with E-state index in [1.54, 1.807) is 6.20 Å². The van der Waals surface area contributed by atoms with E-state index >= 15 is 0 Å². The van der Waals surface area contributed by atoms with Gasteiger partial charge in [0.2, 0.25) is 0 Å². The van der Waals surface area contributed by atoms with Crippen LogP contribution in [0.5, 0.6) is 0 Å². The number of nitrogens with zero attached hydrogens (tertiary/aromatic N) is 2. The lowest BCUT2D eigenvalue weighted by molar-refractivity contribution is 0.518. The molecule has 78 valence electrons. The van der Waals surface area contributed by atoms with Crippen molar-refractivity contribution in [1.29, 1.82) is 0 Å². The Hall–Kier alpha value is -1.32. The van der Waals surface area contributed by atoms with Crippen molar-refractivity contribution in [2.45, 2.75) is 26.7 Å². The van der Waals surface area contributed by atoms with Crippen molar-refractivity contribution in [3.63, 3.8) is 0 Å². The van der Waals surface area contributed by atoms with Gasteiger partial charge in [0.15, 0.2) is 5.82 Å². The fourth-order valence-corrected chi connectivity index (χ4v) is 1.31. The quantitative estimate of drug-likeness (QED) is 0.751. The van der Waals surface area contributed by atoms with Gasteiger partial charge in [0.05, 0.1) is 11.9 Å². The first-order valence-corrected chi connectivity index (χ1v) is 5.07. The van der Waals surface area contributed by atoms with E-state index < -0.39 is 0 Å². The van der Waals surface area contributed by atoms with E-state index in [1.807, 2.05) is 0 Å². The Morgan fingerprint density at radius 1 is 1.43 bits per heavy atom. The van der Waals surface area contributed by atoms with Crippen molar-refractivity contribution >= 4 is 11.5 Å².